The van der Waals surface area contributed by atoms with Gasteiger partial charge in [-0.25, -0.2) is 4.39 Å². The first-order chi connectivity index (χ1) is 16.0. The lowest BCUT2D eigenvalue weighted by Gasteiger charge is -2.28. The lowest BCUT2D eigenvalue weighted by atomic mass is 9.94. The van der Waals surface area contributed by atoms with Crippen molar-refractivity contribution in [2.45, 2.75) is 13.3 Å². The summed E-state index contributed by atoms with van der Waals surface area (Å²) < 4.78 is 17.4. The van der Waals surface area contributed by atoms with E-state index in [4.69, 9.17) is 0 Å². The first-order valence-electron chi connectivity index (χ1n) is 11.2. The molecule has 4 nitrogen and oxygen atoms in total. The Labute approximate surface area is 201 Å². The SMILES string of the molecule is Cc1c(F)cccc1Cc1c(C(=O)N2CCNCC2)c2cc(Br)ccn2c1-c1ccccc1. The van der Waals surface area contributed by atoms with E-state index < -0.39 is 0 Å². The van der Waals surface area contributed by atoms with E-state index in [0.29, 0.717) is 30.6 Å². The molecule has 1 N–H and O–H groups in total. The molecular weight excluding hydrogens is 481 g/mol. The molecule has 2 aromatic carbocycles. The van der Waals surface area contributed by atoms with Crippen LogP contribution in [0.5, 0.6) is 0 Å². The Bertz CT molecular complexity index is 1330. The average Bonchev–Trinajstić information content (AvgIpc) is 3.15. The largest absolute Gasteiger partial charge is 0.336 e. The molecule has 2 aromatic heterocycles. The second-order valence-corrected chi connectivity index (χ2v) is 9.33. The molecule has 0 bridgehead atoms. The van der Waals surface area contributed by atoms with Gasteiger partial charge in [-0.1, -0.05) is 58.4 Å². The molecule has 0 spiro atoms. The van der Waals surface area contributed by atoms with E-state index in [1.165, 1.54) is 6.07 Å². The monoisotopic (exact) mass is 505 g/mol. The van der Waals surface area contributed by atoms with Gasteiger partial charge in [-0.3, -0.25) is 4.79 Å². The van der Waals surface area contributed by atoms with Crippen molar-refractivity contribution in [2.24, 2.45) is 0 Å². The number of benzene rings is 2. The molecular formula is C27H25BrFN3O. The second kappa shape index (κ2) is 9.12. The molecule has 0 radical (unpaired) electrons. The summed E-state index contributed by atoms with van der Waals surface area (Å²) in [7, 11) is 0. The average molecular weight is 506 g/mol. The van der Waals surface area contributed by atoms with Gasteiger partial charge in [-0.05, 0) is 47.4 Å². The number of nitrogens with zero attached hydrogens (tertiary/aromatic N) is 2. The molecule has 0 saturated carbocycles. The lowest BCUT2D eigenvalue weighted by molar-refractivity contribution is 0.0737. The standard InChI is InChI=1S/C27H25BrFN3O/c1-18-20(8-5-9-23(18)29)16-22-25(27(33)31-14-11-30-12-15-31)24-17-21(28)10-13-32(24)26(22)19-6-3-2-4-7-19/h2-10,13,17,30H,11-12,14-16H2,1H3. The summed E-state index contributed by atoms with van der Waals surface area (Å²) in [5, 5.41) is 3.32. The Morgan fingerprint density at radius 1 is 1.06 bits per heavy atom. The minimum atomic E-state index is -0.227. The normalized spacial score (nSPS) is 14.1. The smallest absolute Gasteiger partial charge is 0.256 e. The van der Waals surface area contributed by atoms with Crippen LogP contribution in [0.3, 0.4) is 0 Å². The van der Waals surface area contributed by atoms with Crippen LogP contribution in [0.4, 0.5) is 4.39 Å². The number of carbonyl (C=O) groups excluding carboxylic acids is 1. The summed E-state index contributed by atoms with van der Waals surface area (Å²) in [5.74, 6) is -0.200. The van der Waals surface area contributed by atoms with Gasteiger partial charge in [0.05, 0.1) is 16.8 Å². The van der Waals surface area contributed by atoms with Crippen LogP contribution in [-0.4, -0.2) is 41.4 Å². The second-order valence-electron chi connectivity index (χ2n) is 8.41. The molecule has 1 amide bonds. The molecule has 1 aliphatic heterocycles. The fourth-order valence-corrected chi connectivity index (χ4v) is 5.00. The number of halogens is 2. The first-order valence-corrected chi connectivity index (χ1v) is 12.0. The molecule has 6 heteroatoms. The van der Waals surface area contributed by atoms with Gasteiger partial charge in [0.1, 0.15) is 5.82 Å². The highest BCUT2D eigenvalue weighted by Crippen LogP contribution is 2.36. The van der Waals surface area contributed by atoms with Gasteiger partial charge in [0.25, 0.3) is 5.91 Å². The molecule has 0 atom stereocenters. The van der Waals surface area contributed by atoms with Crippen LogP contribution in [-0.2, 0) is 6.42 Å². The Morgan fingerprint density at radius 3 is 2.58 bits per heavy atom. The van der Waals surface area contributed by atoms with Gasteiger partial charge < -0.3 is 14.6 Å². The third-order valence-electron chi connectivity index (χ3n) is 6.41. The number of rotatable bonds is 4. The Kier molecular flexibility index (Phi) is 6.04. The number of hydrogen-bond acceptors (Lipinski definition) is 2. The third kappa shape index (κ3) is 4.09. The van der Waals surface area contributed by atoms with E-state index in [-0.39, 0.29) is 11.7 Å². The number of nitrogens with one attached hydrogen (secondary N) is 1. The van der Waals surface area contributed by atoms with Crippen molar-refractivity contribution in [1.29, 1.82) is 0 Å². The van der Waals surface area contributed by atoms with E-state index in [9.17, 15) is 9.18 Å². The summed E-state index contributed by atoms with van der Waals surface area (Å²) in [6.07, 6.45) is 2.47. The topological polar surface area (TPSA) is 36.8 Å². The number of pyridine rings is 1. The molecule has 3 heterocycles. The zero-order valence-electron chi connectivity index (χ0n) is 18.4. The Balaban J connectivity index is 1.79. The van der Waals surface area contributed by atoms with Crippen molar-refractivity contribution in [2.75, 3.05) is 26.2 Å². The highest BCUT2D eigenvalue weighted by Gasteiger charge is 2.28. The van der Waals surface area contributed by atoms with Crippen molar-refractivity contribution < 1.29 is 9.18 Å². The van der Waals surface area contributed by atoms with Crippen LogP contribution in [0.1, 0.15) is 27.0 Å². The van der Waals surface area contributed by atoms with E-state index in [0.717, 1.165) is 45.5 Å². The maximum absolute atomic E-state index is 14.4. The molecule has 168 valence electrons. The van der Waals surface area contributed by atoms with Gasteiger partial charge in [-0.15, -0.1) is 0 Å². The third-order valence-corrected chi connectivity index (χ3v) is 6.91. The number of hydrogen-bond donors (Lipinski definition) is 1. The van der Waals surface area contributed by atoms with Gasteiger partial charge >= 0.3 is 0 Å². The summed E-state index contributed by atoms with van der Waals surface area (Å²) in [6, 6.07) is 19.3. The molecule has 1 fully saturated rings. The van der Waals surface area contributed by atoms with Crippen molar-refractivity contribution in [1.82, 2.24) is 14.6 Å². The van der Waals surface area contributed by atoms with Crippen LogP contribution in [0.25, 0.3) is 16.8 Å². The predicted molar refractivity (Wildman–Crippen MR) is 133 cm³/mol. The fourth-order valence-electron chi connectivity index (χ4n) is 4.66. The van der Waals surface area contributed by atoms with E-state index >= 15 is 0 Å². The van der Waals surface area contributed by atoms with Crippen LogP contribution >= 0.6 is 15.9 Å². The number of aromatic nitrogens is 1. The van der Waals surface area contributed by atoms with E-state index in [1.807, 2.05) is 47.5 Å². The zero-order chi connectivity index (χ0) is 22.9. The Morgan fingerprint density at radius 2 is 1.82 bits per heavy atom. The predicted octanol–water partition coefficient (Wildman–Crippen LogP) is 5.45. The number of piperazine rings is 1. The first kappa shape index (κ1) is 21.9. The van der Waals surface area contributed by atoms with E-state index in [2.05, 4.69) is 37.8 Å². The summed E-state index contributed by atoms with van der Waals surface area (Å²) in [6.45, 7) is 4.71. The summed E-state index contributed by atoms with van der Waals surface area (Å²) >= 11 is 3.59. The van der Waals surface area contributed by atoms with Gasteiger partial charge in [0.2, 0.25) is 0 Å². The maximum atomic E-state index is 14.4. The molecule has 0 aliphatic carbocycles. The Hall–Kier alpha value is -2.96. The highest BCUT2D eigenvalue weighted by atomic mass is 79.9. The van der Waals surface area contributed by atoms with Crippen molar-refractivity contribution in [3.05, 3.63) is 99.4 Å². The number of amides is 1. The molecule has 1 saturated heterocycles. The van der Waals surface area contributed by atoms with Crippen molar-refractivity contribution in [3.8, 4) is 11.3 Å². The molecule has 0 unspecified atom stereocenters. The van der Waals surface area contributed by atoms with Crippen LogP contribution < -0.4 is 5.32 Å². The number of carbonyl (C=O) groups is 1. The maximum Gasteiger partial charge on any atom is 0.256 e. The van der Waals surface area contributed by atoms with Crippen LogP contribution in [0.2, 0.25) is 0 Å². The minimum Gasteiger partial charge on any atom is -0.336 e. The lowest BCUT2D eigenvalue weighted by Crippen LogP contribution is -2.46. The highest BCUT2D eigenvalue weighted by molar-refractivity contribution is 9.10. The van der Waals surface area contributed by atoms with Gasteiger partial charge in [0.15, 0.2) is 0 Å². The fraction of sp³-hybridized carbons (Fsp3) is 0.222. The van der Waals surface area contributed by atoms with Gasteiger partial charge in [0, 0.05) is 43.3 Å². The number of fused-ring (bicyclic) bond motifs is 1. The van der Waals surface area contributed by atoms with E-state index in [1.54, 1.807) is 13.0 Å². The molecule has 33 heavy (non-hydrogen) atoms. The quantitative estimate of drug-likeness (QED) is 0.400. The van der Waals surface area contributed by atoms with Crippen LogP contribution in [0.15, 0.2) is 71.3 Å². The van der Waals surface area contributed by atoms with Gasteiger partial charge in [-0.2, -0.15) is 0 Å². The van der Waals surface area contributed by atoms with Crippen LogP contribution in [0, 0.1) is 12.7 Å². The summed E-state index contributed by atoms with van der Waals surface area (Å²) in [5.41, 5.74) is 5.98. The summed E-state index contributed by atoms with van der Waals surface area (Å²) in [4.78, 5) is 15.8. The molecule has 5 rings (SSSR count). The minimum absolute atomic E-state index is 0.0262. The molecule has 4 aromatic rings. The van der Waals surface area contributed by atoms with Crippen molar-refractivity contribution in [3.63, 3.8) is 0 Å². The molecule has 1 aliphatic rings. The zero-order valence-corrected chi connectivity index (χ0v) is 20.0. The van der Waals surface area contributed by atoms with Crippen molar-refractivity contribution >= 4 is 27.4 Å².